The third-order valence-corrected chi connectivity index (χ3v) is 8.23. The Morgan fingerprint density at radius 2 is 2.05 bits per heavy atom. The SMILES string of the molecule is N[C@H](c1cccc(Br)c1)c1cc(C(=O)c2cncnc2N[C@@H]2C[C@H]([CH]NS(=O)(=O)O)[C@@H](O)[C@H]2O)sc1Cl. The number of benzene rings is 1. The largest absolute Gasteiger partial charge is 0.390 e. The molecule has 0 amide bonds. The molecule has 7 N–H and O–H groups in total. The van der Waals surface area contributed by atoms with Crippen LogP contribution < -0.4 is 15.8 Å². The van der Waals surface area contributed by atoms with Crippen LogP contribution in [0.25, 0.3) is 0 Å². The van der Waals surface area contributed by atoms with Crippen molar-refractivity contribution in [3.8, 4) is 0 Å². The maximum atomic E-state index is 13.4. The lowest BCUT2D eigenvalue weighted by molar-refractivity contribution is 0.0228. The predicted octanol–water partition coefficient (Wildman–Crippen LogP) is 2.31. The van der Waals surface area contributed by atoms with E-state index in [2.05, 4.69) is 31.2 Å². The number of anilines is 1. The molecule has 1 radical (unpaired) electrons. The summed E-state index contributed by atoms with van der Waals surface area (Å²) in [4.78, 5) is 21.8. The maximum Gasteiger partial charge on any atom is 0.333 e. The third kappa shape index (κ3) is 6.53. The molecule has 0 saturated heterocycles. The van der Waals surface area contributed by atoms with Crippen molar-refractivity contribution in [3.63, 3.8) is 0 Å². The number of nitrogens with zero attached hydrogens (tertiary/aromatic N) is 2. The molecular formula is C22H22BrClN5O6S2. The van der Waals surface area contributed by atoms with Crippen LogP contribution in [0.3, 0.4) is 0 Å². The number of hydrogen-bond donors (Lipinski definition) is 6. The summed E-state index contributed by atoms with van der Waals surface area (Å²) in [6, 6.07) is 7.72. The fraction of sp³-hybridized carbons (Fsp3) is 0.273. The quantitative estimate of drug-likeness (QED) is 0.151. The van der Waals surface area contributed by atoms with Gasteiger partial charge in [0.15, 0.2) is 0 Å². The molecule has 2 heterocycles. The molecule has 0 unspecified atom stereocenters. The summed E-state index contributed by atoms with van der Waals surface area (Å²) >= 11 is 10.9. The number of aromatic nitrogens is 2. The molecule has 1 fully saturated rings. The zero-order valence-corrected chi connectivity index (χ0v) is 22.8. The number of aliphatic hydroxyl groups is 2. The lowest BCUT2D eigenvalue weighted by Gasteiger charge is -2.19. The second kappa shape index (κ2) is 11.4. The first-order valence-electron chi connectivity index (χ1n) is 10.8. The molecular weight excluding hydrogens is 610 g/mol. The van der Waals surface area contributed by atoms with Crippen LogP contribution in [-0.4, -0.2) is 57.2 Å². The minimum absolute atomic E-state index is 0.0823. The zero-order chi connectivity index (χ0) is 26.9. The molecule has 4 rings (SSSR count). The monoisotopic (exact) mass is 630 g/mol. The zero-order valence-electron chi connectivity index (χ0n) is 18.8. The molecule has 1 saturated carbocycles. The first kappa shape index (κ1) is 28.0. The van der Waals surface area contributed by atoms with Crippen molar-refractivity contribution >= 4 is 60.8 Å². The summed E-state index contributed by atoms with van der Waals surface area (Å²) in [6.45, 7) is 0.987. The average molecular weight is 632 g/mol. The van der Waals surface area contributed by atoms with Crippen molar-refractivity contribution in [3.05, 3.63) is 79.8 Å². The number of thiophene rings is 1. The number of carbonyl (C=O) groups excluding carboxylic acids is 1. The number of rotatable bonds is 9. The van der Waals surface area contributed by atoms with E-state index in [4.69, 9.17) is 21.9 Å². The highest BCUT2D eigenvalue weighted by Crippen LogP contribution is 2.37. The van der Waals surface area contributed by atoms with Gasteiger partial charge in [-0.1, -0.05) is 39.7 Å². The van der Waals surface area contributed by atoms with Crippen molar-refractivity contribution in [2.45, 2.75) is 30.7 Å². The lowest BCUT2D eigenvalue weighted by atomic mass is 10.0. The van der Waals surface area contributed by atoms with Gasteiger partial charge in [0.2, 0.25) is 5.78 Å². The maximum absolute atomic E-state index is 13.4. The van der Waals surface area contributed by atoms with Crippen LogP contribution in [0.1, 0.15) is 38.8 Å². The number of nitrogens with two attached hydrogens (primary N) is 1. The van der Waals surface area contributed by atoms with Gasteiger partial charge in [-0.25, -0.2) is 9.97 Å². The Kier molecular flexibility index (Phi) is 8.62. The van der Waals surface area contributed by atoms with Gasteiger partial charge in [-0.3, -0.25) is 9.35 Å². The van der Waals surface area contributed by atoms with E-state index < -0.39 is 46.3 Å². The van der Waals surface area contributed by atoms with Crippen LogP contribution >= 0.6 is 38.9 Å². The van der Waals surface area contributed by atoms with Gasteiger partial charge < -0.3 is 21.3 Å². The smallest absolute Gasteiger partial charge is 0.333 e. The van der Waals surface area contributed by atoms with Gasteiger partial charge in [0, 0.05) is 28.7 Å². The molecule has 37 heavy (non-hydrogen) atoms. The first-order chi connectivity index (χ1) is 17.4. The lowest BCUT2D eigenvalue weighted by Crippen LogP contribution is -2.36. The minimum atomic E-state index is -4.51. The van der Waals surface area contributed by atoms with E-state index in [-0.39, 0.29) is 17.8 Å². The second-order valence-electron chi connectivity index (χ2n) is 8.38. The van der Waals surface area contributed by atoms with E-state index in [0.717, 1.165) is 27.9 Å². The molecule has 2 aromatic heterocycles. The number of aliphatic hydroxyl groups excluding tert-OH is 2. The number of halogens is 2. The van der Waals surface area contributed by atoms with Gasteiger partial charge in [0.25, 0.3) is 0 Å². The van der Waals surface area contributed by atoms with Crippen molar-refractivity contribution in [2.24, 2.45) is 11.7 Å². The van der Waals surface area contributed by atoms with Crippen molar-refractivity contribution in [1.82, 2.24) is 14.7 Å². The summed E-state index contributed by atoms with van der Waals surface area (Å²) in [6.07, 6.45) is -0.0188. The van der Waals surface area contributed by atoms with Gasteiger partial charge >= 0.3 is 10.3 Å². The normalized spacial score (nSPS) is 22.6. The second-order valence-corrected chi connectivity index (χ2v) is 12.1. The highest BCUT2D eigenvalue weighted by atomic mass is 79.9. The van der Waals surface area contributed by atoms with Crippen LogP contribution in [-0.2, 0) is 10.3 Å². The third-order valence-electron chi connectivity index (χ3n) is 5.92. The van der Waals surface area contributed by atoms with Gasteiger partial charge in [-0.05, 0) is 30.2 Å². The molecule has 1 aliphatic carbocycles. The van der Waals surface area contributed by atoms with E-state index in [1.54, 1.807) is 10.8 Å². The number of nitrogens with one attached hydrogen (secondary N) is 2. The fourth-order valence-electron chi connectivity index (χ4n) is 4.05. The highest BCUT2D eigenvalue weighted by Gasteiger charge is 2.42. The van der Waals surface area contributed by atoms with E-state index in [0.29, 0.717) is 14.8 Å². The fourth-order valence-corrected chi connectivity index (χ4v) is 6.12. The minimum Gasteiger partial charge on any atom is -0.390 e. The Bertz CT molecular complexity index is 1410. The molecule has 3 aromatic rings. The Morgan fingerprint density at radius 1 is 1.30 bits per heavy atom. The molecule has 0 spiro atoms. The molecule has 15 heteroatoms. The summed E-state index contributed by atoms with van der Waals surface area (Å²) in [7, 11) is -4.51. The van der Waals surface area contributed by atoms with Gasteiger partial charge in [-0.15, -0.1) is 11.3 Å². The number of hydrogen-bond acceptors (Lipinski definition) is 10. The highest BCUT2D eigenvalue weighted by molar-refractivity contribution is 9.10. The summed E-state index contributed by atoms with van der Waals surface area (Å²) in [5, 5.41) is 23.7. The molecule has 1 aromatic carbocycles. The average Bonchev–Trinajstić information content (AvgIpc) is 3.36. The van der Waals surface area contributed by atoms with Crippen molar-refractivity contribution < 1.29 is 28.0 Å². The van der Waals surface area contributed by atoms with Gasteiger partial charge in [0.05, 0.1) is 33.0 Å². The van der Waals surface area contributed by atoms with Crippen LogP contribution in [0, 0.1) is 12.5 Å². The van der Waals surface area contributed by atoms with Crippen LogP contribution in [0.4, 0.5) is 5.82 Å². The summed E-state index contributed by atoms with van der Waals surface area (Å²) in [5.41, 5.74) is 7.90. The van der Waals surface area contributed by atoms with E-state index in [9.17, 15) is 23.4 Å². The molecule has 1 aliphatic rings. The molecule has 0 aliphatic heterocycles. The molecule has 197 valence electrons. The summed E-state index contributed by atoms with van der Waals surface area (Å²) in [5.74, 6) is -1.12. The number of ketones is 1. The Balaban J connectivity index is 1.54. The van der Waals surface area contributed by atoms with Crippen LogP contribution in [0.5, 0.6) is 0 Å². The number of carbonyl (C=O) groups is 1. The topological polar surface area (TPSA) is 188 Å². The first-order valence-corrected chi connectivity index (χ1v) is 14.2. The Morgan fingerprint density at radius 3 is 2.76 bits per heavy atom. The van der Waals surface area contributed by atoms with E-state index in [1.165, 1.54) is 12.5 Å². The van der Waals surface area contributed by atoms with Crippen LogP contribution in [0.15, 0.2) is 47.3 Å². The van der Waals surface area contributed by atoms with E-state index >= 15 is 0 Å². The molecule has 5 atom stereocenters. The van der Waals surface area contributed by atoms with Crippen molar-refractivity contribution in [2.75, 3.05) is 5.32 Å². The predicted molar refractivity (Wildman–Crippen MR) is 141 cm³/mol. The van der Waals surface area contributed by atoms with E-state index in [1.807, 2.05) is 24.3 Å². The standard InChI is InChI=1S/C22H22BrClN5O6S2/c23-12-3-1-2-10(4-12)17(25)13-6-16(36-21(13)24)19(31)14-8-26-9-27-22(14)29-15-5-11(18(30)20(15)32)7-28-37(33,34)35/h1-4,6-9,11,15,17-18,20,28,30,32H,5,25H2,(H,26,27,29)(H,33,34,35)/t11-,15-,17-,18-,20+/m1/s1. The summed E-state index contributed by atoms with van der Waals surface area (Å²) < 4.78 is 33.8. The Hall–Kier alpha value is -2.01. The van der Waals surface area contributed by atoms with Crippen LogP contribution in [0.2, 0.25) is 4.34 Å². The molecule has 0 bridgehead atoms. The molecule has 11 nitrogen and oxygen atoms in total. The Labute approximate surface area is 230 Å². The van der Waals surface area contributed by atoms with Gasteiger partial charge in [0.1, 0.15) is 18.2 Å². The van der Waals surface area contributed by atoms with Crippen molar-refractivity contribution in [1.29, 1.82) is 0 Å². The van der Waals surface area contributed by atoms with Gasteiger partial charge in [-0.2, -0.15) is 13.1 Å².